The van der Waals surface area contributed by atoms with Crippen LogP contribution in [0.2, 0.25) is 0 Å². The summed E-state index contributed by atoms with van der Waals surface area (Å²) in [5.74, 6) is -0.0432. The second-order valence-corrected chi connectivity index (χ2v) is 8.38. The summed E-state index contributed by atoms with van der Waals surface area (Å²) in [6.07, 6.45) is 0.435. The fourth-order valence-electron chi connectivity index (χ4n) is 3.87. The Morgan fingerprint density at radius 1 is 0.967 bits per heavy atom. The van der Waals surface area contributed by atoms with Gasteiger partial charge in [-0.05, 0) is 38.1 Å². The molecule has 0 aliphatic carbocycles. The lowest BCUT2D eigenvalue weighted by molar-refractivity contribution is -0.122. The molecule has 1 atom stereocenters. The Labute approximate surface area is 180 Å². The third-order valence-electron chi connectivity index (χ3n) is 5.85. The van der Waals surface area contributed by atoms with Gasteiger partial charge in [0.05, 0.1) is 6.04 Å². The maximum Gasteiger partial charge on any atom is 0.220 e. The lowest BCUT2D eigenvalue weighted by Gasteiger charge is -2.35. The van der Waals surface area contributed by atoms with Gasteiger partial charge in [0.2, 0.25) is 5.91 Å². The molecular formula is C25H33N3O2. The van der Waals surface area contributed by atoms with Crippen molar-refractivity contribution in [2.45, 2.75) is 32.7 Å². The maximum atomic E-state index is 12.7. The first-order valence-corrected chi connectivity index (χ1v) is 10.8. The third-order valence-corrected chi connectivity index (χ3v) is 5.85. The lowest BCUT2D eigenvalue weighted by Crippen LogP contribution is -2.47. The summed E-state index contributed by atoms with van der Waals surface area (Å²) in [6, 6.07) is 15.9. The van der Waals surface area contributed by atoms with Gasteiger partial charge in [-0.3, -0.25) is 14.5 Å². The van der Waals surface area contributed by atoms with Crippen molar-refractivity contribution in [3.63, 3.8) is 0 Å². The Balaban J connectivity index is 1.60. The van der Waals surface area contributed by atoms with E-state index in [0.29, 0.717) is 0 Å². The number of carbonyl (C=O) groups excluding carboxylic acids is 2. The van der Waals surface area contributed by atoms with Crippen molar-refractivity contribution in [2.24, 2.45) is 0 Å². The minimum Gasteiger partial charge on any atom is -0.348 e. The second kappa shape index (κ2) is 10.5. The van der Waals surface area contributed by atoms with E-state index in [-0.39, 0.29) is 30.6 Å². The van der Waals surface area contributed by atoms with Gasteiger partial charge in [0.15, 0.2) is 5.78 Å². The SMILES string of the molecule is Cc1ccc(C)c(C(=O)CCC(=O)NC(CN2CCN(C)CC2)c2ccccc2)c1. The molecule has 1 heterocycles. The summed E-state index contributed by atoms with van der Waals surface area (Å²) in [5, 5.41) is 3.18. The van der Waals surface area contributed by atoms with E-state index in [4.69, 9.17) is 0 Å². The Hall–Kier alpha value is -2.50. The van der Waals surface area contributed by atoms with Crippen LogP contribution in [0, 0.1) is 13.8 Å². The maximum absolute atomic E-state index is 12.7. The molecule has 160 valence electrons. The number of piperazine rings is 1. The molecule has 0 spiro atoms. The second-order valence-electron chi connectivity index (χ2n) is 8.38. The molecule has 1 N–H and O–H groups in total. The number of ketones is 1. The van der Waals surface area contributed by atoms with Crippen molar-refractivity contribution in [2.75, 3.05) is 39.8 Å². The number of Topliss-reactive ketones (excluding diaryl/α,β-unsaturated/α-hetero) is 1. The van der Waals surface area contributed by atoms with Crippen molar-refractivity contribution in [3.8, 4) is 0 Å². The van der Waals surface area contributed by atoms with E-state index < -0.39 is 0 Å². The van der Waals surface area contributed by atoms with Crippen molar-refractivity contribution >= 4 is 11.7 Å². The molecule has 2 aromatic carbocycles. The molecule has 1 aliphatic rings. The molecule has 0 aromatic heterocycles. The monoisotopic (exact) mass is 407 g/mol. The normalized spacial score (nSPS) is 16.2. The minimum absolute atomic E-state index is 0.0293. The van der Waals surface area contributed by atoms with E-state index in [0.717, 1.165) is 55.0 Å². The zero-order chi connectivity index (χ0) is 21.5. The van der Waals surface area contributed by atoms with Gasteiger partial charge in [0.1, 0.15) is 0 Å². The van der Waals surface area contributed by atoms with Crippen LogP contribution in [0.1, 0.15) is 45.9 Å². The molecule has 5 heteroatoms. The van der Waals surface area contributed by atoms with Crippen LogP contribution in [0.5, 0.6) is 0 Å². The number of amides is 1. The molecule has 0 bridgehead atoms. The fraction of sp³-hybridized carbons (Fsp3) is 0.440. The Morgan fingerprint density at radius 2 is 1.67 bits per heavy atom. The Kier molecular flexibility index (Phi) is 7.77. The predicted molar refractivity (Wildman–Crippen MR) is 121 cm³/mol. The molecule has 3 rings (SSSR count). The standard InChI is InChI=1S/C25H33N3O2/c1-19-9-10-20(2)22(17-19)24(29)11-12-25(30)26-23(21-7-5-4-6-8-21)18-28-15-13-27(3)14-16-28/h4-10,17,23H,11-16,18H2,1-3H3,(H,26,30). The number of rotatable bonds is 8. The van der Waals surface area contributed by atoms with Crippen LogP contribution in [0.4, 0.5) is 0 Å². The molecule has 2 aromatic rings. The smallest absolute Gasteiger partial charge is 0.220 e. The van der Waals surface area contributed by atoms with Gasteiger partial charge in [-0.2, -0.15) is 0 Å². The Bertz CT molecular complexity index is 858. The van der Waals surface area contributed by atoms with Crippen LogP contribution < -0.4 is 5.32 Å². The van der Waals surface area contributed by atoms with Crippen LogP contribution in [-0.2, 0) is 4.79 Å². The van der Waals surface area contributed by atoms with Gasteiger partial charge < -0.3 is 10.2 Å². The van der Waals surface area contributed by atoms with E-state index >= 15 is 0 Å². The molecule has 30 heavy (non-hydrogen) atoms. The molecule has 1 aliphatic heterocycles. The van der Waals surface area contributed by atoms with Crippen molar-refractivity contribution in [1.82, 2.24) is 15.1 Å². The van der Waals surface area contributed by atoms with Gasteiger partial charge in [-0.1, -0.05) is 48.0 Å². The van der Waals surface area contributed by atoms with E-state index in [1.54, 1.807) is 0 Å². The highest BCUT2D eigenvalue weighted by Gasteiger charge is 2.21. The zero-order valence-corrected chi connectivity index (χ0v) is 18.4. The average molecular weight is 408 g/mol. The van der Waals surface area contributed by atoms with Crippen LogP contribution in [-0.4, -0.2) is 61.3 Å². The number of benzene rings is 2. The molecule has 1 saturated heterocycles. The first-order chi connectivity index (χ1) is 14.4. The van der Waals surface area contributed by atoms with E-state index in [2.05, 4.69) is 34.3 Å². The van der Waals surface area contributed by atoms with Crippen LogP contribution in [0.25, 0.3) is 0 Å². The quantitative estimate of drug-likeness (QED) is 0.682. The summed E-state index contributed by atoms with van der Waals surface area (Å²) in [5.41, 5.74) is 3.85. The molecule has 0 saturated carbocycles. The number of likely N-dealkylation sites (N-methyl/N-ethyl adjacent to an activating group) is 1. The van der Waals surface area contributed by atoms with Crippen LogP contribution >= 0.6 is 0 Å². The predicted octanol–water partition coefficient (Wildman–Crippen LogP) is 3.37. The van der Waals surface area contributed by atoms with Crippen LogP contribution in [0.15, 0.2) is 48.5 Å². The number of nitrogens with zero attached hydrogens (tertiary/aromatic N) is 2. The van der Waals surface area contributed by atoms with Gasteiger partial charge >= 0.3 is 0 Å². The highest BCUT2D eigenvalue weighted by Crippen LogP contribution is 2.17. The number of carbonyl (C=O) groups is 2. The molecular weight excluding hydrogens is 374 g/mol. The summed E-state index contributed by atoms with van der Waals surface area (Å²) in [6.45, 7) is 8.79. The minimum atomic E-state index is -0.0726. The molecule has 0 radical (unpaired) electrons. The molecule has 1 fully saturated rings. The largest absolute Gasteiger partial charge is 0.348 e. The van der Waals surface area contributed by atoms with Gasteiger partial charge in [-0.25, -0.2) is 0 Å². The summed E-state index contributed by atoms with van der Waals surface area (Å²) in [4.78, 5) is 30.1. The van der Waals surface area contributed by atoms with E-state index in [1.165, 1.54) is 0 Å². The van der Waals surface area contributed by atoms with Crippen molar-refractivity contribution in [3.05, 3.63) is 70.8 Å². The first kappa shape index (κ1) is 22.2. The lowest BCUT2D eigenvalue weighted by atomic mass is 9.99. The Morgan fingerprint density at radius 3 is 2.37 bits per heavy atom. The van der Waals surface area contributed by atoms with Crippen molar-refractivity contribution < 1.29 is 9.59 Å². The zero-order valence-electron chi connectivity index (χ0n) is 18.4. The van der Waals surface area contributed by atoms with Crippen LogP contribution in [0.3, 0.4) is 0 Å². The number of hydrogen-bond donors (Lipinski definition) is 1. The summed E-state index contributed by atoms with van der Waals surface area (Å²) in [7, 11) is 2.14. The topological polar surface area (TPSA) is 52.7 Å². The summed E-state index contributed by atoms with van der Waals surface area (Å²) < 4.78 is 0. The summed E-state index contributed by atoms with van der Waals surface area (Å²) >= 11 is 0. The highest BCUT2D eigenvalue weighted by atomic mass is 16.2. The fourth-order valence-corrected chi connectivity index (χ4v) is 3.87. The van der Waals surface area contributed by atoms with Gasteiger partial charge in [0, 0.05) is 51.1 Å². The highest BCUT2D eigenvalue weighted by molar-refractivity contribution is 5.99. The van der Waals surface area contributed by atoms with E-state index in [1.807, 2.05) is 50.2 Å². The molecule has 5 nitrogen and oxygen atoms in total. The number of hydrogen-bond acceptors (Lipinski definition) is 4. The molecule has 1 unspecified atom stereocenters. The number of nitrogens with one attached hydrogen (secondary N) is 1. The van der Waals surface area contributed by atoms with Gasteiger partial charge in [-0.15, -0.1) is 0 Å². The number of aryl methyl sites for hydroxylation is 2. The average Bonchev–Trinajstić information content (AvgIpc) is 2.75. The first-order valence-electron chi connectivity index (χ1n) is 10.8. The third kappa shape index (κ3) is 6.25. The molecule has 1 amide bonds. The van der Waals surface area contributed by atoms with E-state index in [9.17, 15) is 9.59 Å². The van der Waals surface area contributed by atoms with Gasteiger partial charge in [0.25, 0.3) is 0 Å². The van der Waals surface area contributed by atoms with Crippen molar-refractivity contribution in [1.29, 1.82) is 0 Å².